The van der Waals surface area contributed by atoms with E-state index in [4.69, 9.17) is 0 Å². The second-order valence-electron chi connectivity index (χ2n) is 5.88. The van der Waals surface area contributed by atoms with Crippen molar-refractivity contribution < 1.29 is 9.90 Å². The summed E-state index contributed by atoms with van der Waals surface area (Å²) in [7, 11) is 0. The van der Waals surface area contributed by atoms with Crippen molar-refractivity contribution >= 4 is 16.9 Å². The molecule has 110 valence electrons. The molecule has 1 aliphatic rings. The van der Waals surface area contributed by atoms with Gasteiger partial charge in [-0.1, -0.05) is 29.8 Å². The van der Waals surface area contributed by atoms with Gasteiger partial charge < -0.3 is 10.1 Å². The number of hydrogen-bond acceptors (Lipinski definition) is 2. The van der Waals surface area contributed by atoms with E-state index in [2.05, 4.69) is 48.4 Å². The lowest BCUT2D eigenvalue weighted by atomic mass is 9.97. The van der Waals surface area contributed by atoms with E-state index in [9.17, 15) is 9.90 Å². The zero-order valence-corrected chi connectivity index (χ0v) is 12.4. The molecule has 1 atom stereocenters. The molecule has 2 aromatic rings. The van der Waals surface area contributed by atoms with Crippen LogP contribution in [0.3, 0.4) is 0 Å². The Morgan fingerprint density at radius 2 is 2.24 bits per heavy atom. The number of allylic oxidation sites excluding steroid dienone is 2. The molecule has 0 bridgehead atoms. The number of benzene rings is 1. The first-order valence-corrected chi connectivity index (χ1v) is 7.27. The predicted molar refractivity (Wildman–Crippen MR) is 83.4 cm³/mol. The van der Waals surface area contributed by atoms with E-state index in [1.807, 2.05) is 0 Å². The molecule has 1 unspecified atom stereocenters. The average Bonchev–Trinajstić information content (AvgIpc) is 2.83. The highest BCUT2D eigenvalue weighted by Gasteiger charge is 2.26. The zero-order valence-electron chi connectivity index (χ0n) is 12.4. The molecule has 4 heteroatoms. The predicted octanol–water partition coefficient (Wildman–Crippen LogP) is 2.78. The number of nitrogens with one attached hydrogen (secondary N) is 2. The maximum absolute atomic E-state index is 11.2. The molecule has 21 heavy (non-hydrogen) atoms. The van der Waals surface area contributed by atoms with Gasteiger partial charge in [0.2, 0.25) is 0 Å². The highest BCUT2D eigenvalue weighted by atomic mass is 16.4. The number of fused-ring (bicyclic) bond motifs is 3. The Morgan fingerprint density at radius 1 is 1.43 bits per heavy atom. The van der Waals surface area contributed by atoms with E-state index in [0.717, 1.165) is 28.6 Å². The second-order valence-corrected chi connectivity index (χ2v) is 5.88. The first-order chi connectivity index (χ1) is 10.1. The molecule has 3 N–H and O–H groups in total. The lowest BCUT2D eigenvalue weighted by Gasteiger charge is -2.20. The van der Waals surface area contributed by atoms with E-state index in [1.54, 1.807) is 0 Å². The summed E-state index contributed by atoms with van der Waals surface area (Å²) in [5.41, 5.74) is 5.97. The minimum Gasteiger partial charge on any atom is -0.480 e. The third kappa shape index (κ3) is 2.59. The smallest absolute Gasteiger partial charge is 0.321 e. The summed E-state index contributed by atoms with van der Waals surface area (Å²) < 4.78 is 0. The number of aromatic amines is 1. The van der Waals surface area contributed by atoms with Crippen molar-refractivity contribution in [3.05, 3.63) is 46.7 Å². The summed E-state index contributed by atoms with van der Waals surface area (Å²) in [6, 6.07) is 5.78. The number of aromatic nitrogens is 1. The van der Waals surface area contributed by atoms with Gasteiger partial charge in [0.15, 0.2) is 0 Å². The third-order valence-corrected chi connectivity index (χ3v) is 4.08. The van der Waals surface area contributed by atoms with Crippen LogP contribution in [-0.2, 0) is 24.2 Å². The highest BCUT2D eigenvalue weighted by Crippen LogP contribution is 2.29. The van der Waals surface area contributed by atoms with Crippen molar-refractivity contribution in [3.63, 3.8) is 0 Å². The van der Waals surface area contributed by atoms with Gasteiger partial charge in [-0.2, -0.15) is 0 Å². The maximum Gasteiger partial charge on any atom is 0.321 e. The summed E-state index contributed by atoms with van der Waals surface area (Å²) in [4.78, 5) is 14.7. The average molecular weight is 284 g/mol. The summed E-state index contributed by atoms with van der Waals surface area (Å²) in [6.07, 6.45) is 3.65. The number of carboxylic acid groups (broad SMARTS) is 1. The Labute approximate surface area is 123 Å². The van der Waals surface area contributed by atoms with E-state index >= 15 is 0 Å². The molecule has 0 aliphatic carbocycles. The van der Waals surface area contributed by atoms with Crippen LogP contribution in [0.25, 0.3) is 10.9 Å². The van der Waals surface area contributed by atoms with Gasteiger partial charge in [-0.25, -0.2) is 0 Å². The molecule has 1 aromatic heterocycles. The van der Waals surface area contributed by atoms with Crippen LogP contribution >= 0.6 is 0 Å². The van der Waals surface area contributed by atoms with Crippen LogP contribution in [-0.4, -0.2) is 22.1 Å². The lowest BCUT2D eigenvalue weighted by Crippen LogP contribution is -2.41. The molecule has 0 amide bonds. The summed E-state index contributed by atoms with van der Waals surface area (Å²) in [5.74, 6) is -0.782. The Hall–Kier alpha value is -2.07. The first-order valence-electron chi connectivity index (χ1n) is 7.27. The van der Waals surface area contributed by atoms with Gasteiger partial charge in [-0.15, -0.1) is 0 Å². The van der Waals surface area contributed by atoms with Gasteiger partial charge in [0.1, 0.15) is 6.04 Å². The van der Waals surface area contributed by atoms with E-state index in [-0.39, 0.29) is 0 Å². The fourth-order valence-electron chi connectivity index (χ4n) is 2.93. The monoisotopic (exact) mass is 284 g/mol. The van der Waals surface area contributed by atoms with E-state index in [0.29, 0.717) is 13.0 Å². The summed E-state index contributed by atoms with van der Waals surface area (Å²) in [6.45, 7) is 4.78. The van der Waals surface area contributed by atoms with E-state index < -0.39 is 12.0 Å². The minimum absolute atomic E-state index is 0.488. The van der Waals surface area contributed by atoms with Crippen molar-refractivity contribution in [2.75, 3.05) is 0 Å². The van der Waals surface area contributed by atoms with Gasteiger partial charge >= 0.3 is 5.97 Å². The van der Waals surface area contributed by atoms with Crippen LogP contribution in [0.4, 0.5) is 0 Å². The summed E-state index contributed by atoms with van der Waals surface area (Å²) >= 11 is 0. The maximum atomic E-state index is 11.2. The van der Waals surface area contributed by atoms with Gasteiger partial charge in [0.05, 0.1) is 0 Å². The van der Waals surface area contributed by atoms with Crippen LogP contribution in [0.2, 0.25) is 0 Å². The molecule has 0 radical (unpaired) electrons. The van der Waals surface area contributed by atoms with Crippen LogP contribution in [0, 0.1) is 0 Å². The molecule has 0 spiro atoms. The fraction of sp³-hybridized carbons (Fsp3) is 0.353. The number of carboxylic acids is 1. The zero-order chi connectivity index (χ0) is 15.0. The third-order valence-electron chi connectivity index (χ3n) is 4.08. The van der Waals surface area contributed by atoms with Crippen LogP contribution < -0.4 is 5.32 Å². The number of aliphatic carboxylic acids is 1. The molecular weight excluding hydrogens is 264 g/mol. The molecule has 4 nitrogen and oxygen atoms in total. The van der Waals surface area contributed by atoms with Gasteiger partial charge in [0.25, 0.3) is 0 Å². The quantitative estimate of drug-likeness (QED) is 0.759. The molecule has 1 aliphatic heterocycles. The van der Waals surface area contributed by atoms with Crippen molar-refractivity contribution in [1.29, 1.82) is 0 Å². The van der Waals surface area contributed by atoms with Crippen LogP contribution in [0.15, 0.2) is 29.8 Å². The van der Waals surface area contributed by atoms with Crippen molar-refractivity contribution in [2.24, 2.45) is 0 Å². The number of hydrogen-bond donors (Lipinski definition) is 3. The standard InChI is InChI=1S/C17H20N2O2/c1-10(2)6-7-11-4-3-5-12-13-8-14(17(20)21)18-9-15(13)19-16(11)12/h3-6,14,18-19H,7-9H2,1-2H3,(H,20,21). The Bertz CT molecular complexity index is 724. The normalized spacial score (nSPS) is 17.5. The highest BCUT2D eigenvalue weighted by molar-refractivity contribution is 5.89. The number of H-pyrrole nitrogens is 1. The molecule has 0 fully saturated rings. The summed E-state index contributed by atoms with van der Waals surface area (Å²) in [5, 5.41) is 13.4. The molecule has 2 heterocycles. The number of para-hydroxylation sites is 1. The minimum atomic E-state index is -0.782. The number of carbonyl (C=O) groups is 1. The first kappa shape index (κ1) is 13.9. The van der Waals surface area contributed by atoms with Crippen molar-refractivity contribution in [1.82, 2.24) is 10.3 Å². The topological polar surface area (TPSA) is 65.1 Å². The van der Waals surface area contributed by atoms with E-state index in [1.165, 1.54) is 11.1 Å². The van der Waals surface area contributed by atoms with Gasteiger partial charge in [-0.3, -0.25) is 10.1 Å². The van der Waals surface area contributed by atoms with Crippen LogP contribution in [0.1, 0.15) is 30.7 Å². The Balaban J connectivity index is 2.04. The molecule has 1 aromatic carbocycles. The second kappa shape index (κ2) is 5.37. The number of rotatable bonds is 3. The Kier molecular flexibility index (Phi) is 3.55. The fourth-order valence-corrected chi connectivity index (χ4v) is 2.93. The van der Waals surface area contributed by atoms with Crippen LogP contribution in [0.5, 0.6) is 0 Å². The Morgan fingerprint density at radius 3 is 2.95 bits per heavy atom. The molecule has 3 rings (SSSR count). The van der Waals surface area contributed by atoms with Gasteiger partial charge in [-0.05, 0) is 31.4 Å². The van der Waals surface area contributed by atoms with Crippen molar-refractivity contribution in [3.8, 4) is 0 Å². The largest absolute Gasteiger partial charge is 0.480 e. The molecule has 0 saturated heterocycles. The van der Waals surface area contributed by atoms with Crippen molar-refractivity contribution in [2.45, 2.75) is 39.3 Å². The molecule has 0 saturated carbocycles. The lowest BCUT2D eigenvalue weighted by molar-refractivity contribution is -0.139. The van der Waals surface area contributed by atoms with Gasteiger partial charge in [0, 0.05) is 29.6 Å². The molecular formula is C17H20N2O2. The SMILES string of the molecule is CC(C)=CCc1cccc2c3c([nH]c12)CNC(C(=O)O)C3.